The summed E-state index contributed by atoms with van der Waals surface area (Å²) in [6.45, 7) is 12.7. The monoisotopic (exact) mass is 396 g/mol. The first-order chi connectivity index (χ1) is 14.3. The summed E-state index contributed by atoms with van der Waals surface area (Å²) in [5.41, 5.74) is 13.6. The number of rotatable bonds is 4. The molecule has 2 heterocycles. The van der Waals surface area contributed by atoms with Crippen molar-refractivity contribution in [2.24, 2.45) is 5.10 Å². The largest absolute Gasteiger partial charge is 0.318 e. The van der Waals surface area contributed by atoms with Gasteiger partial charge in [0.05, 0.1) is 11.7 Å². The molecule has 1 N–H and O–H groups in total. The van der Waals surface area contributed by atoms with Gasteiger partial charge in [0.15, 0.2) is 0 Å². The molecular weight excluding hydrogens is 368 g/mol. The molecule has 4 heteroatoms. The molecule has 0 aliphatic heterocycles. The maximum absolute atomic E-state index is 4.75. The SMILES string of the molecule is Cc1ccc(-n2c(C)cc(/C=N/Nc3nc4cc(C)ccc4cc3C)c2C)c(C)c1. The molecule has 0 amide bonds. The summed E-state index contributed by atoms with van der Waals surface area (Å²) in [7, 11) is 0. The lowest BCUT2D eigenvalue weighted by molar-refractivity contribution is 0.953. The summed E-state index contributed by atoms with van der Waals surface area (Å²) in [5, 5.41) is 5.64. The van der Waals surface area contributed by atoms with Crippen LogP contribution in [-0.4, -0.2) is 15.8 Å². The van der Waals surface area contributed by atoms with E-state index >= 15 is 0 Å². The average Bonchev–Trinajstić information content (AvgIpc) is 2.96. The van der Waals surface area contributed by atoms with Crippen LogP contribution in [0.4, 0.5) is 5.82 Å². The second kappa shape index (κ2) is 7.79. The lowest BCUT2D eigenvalue weighted by Gasteiger charge is -2.13. The fourth-order valence-electron chi connectivity index (χ4n) is 4.00. The Kier molecular flexibility index (Phi) is 5.17. The molecule has 0 saturated heterocycles. The quantitative estimate of drug-likeness (QED) is 0.324. The van der Waals surface area contributed by atoms with Crippen LogP contribution in [0.1, 0.15) is 39.2 Å². The van der Waals surface area contributed by atoms with Crippen LogP contribution in [0.15, 0.2) is 53.6 Å². The fourth-order valence-corrected chi connectivity index (χ4v) is 4.00. The predicted molar refractivity (Wildman–Crippen MR) is 127 cm³/mol. The van der Waals surface area contributed by atoms with Crippen LogP contribution < -0.4 is 5.43 Å². The first-order valence-electron chi connectivity index (χ1n) is 10.3. The van der Waals surface area contributed by atoms with Gasteiger partial charge in [0, 0.05) is 28.0 Å². The van der Waals surface area contributed by atoms with Gasteiger partial charge in [-0.05, 0) is 82.5 Å². The smallest absolute Gasteiger partial charge is 0.149 e. The van der Waals surface area contributed by atoms with Gasteiger partial charge in [-0.15, -0.1) is 0 Å². The molecule has 0 fully saturated rings. The molecule has 0 aliphatic rings. The standard InChI is InChI=1S/C26H28N4/c1-16-8-10-25(18(3)11-16)30-20(5)14-23(21(30)6)15-27-29-26-19(4)13-22-9-7-17(2)12-24(22)28-26/h7-15H,1-6H3,(H,28,29)/b27-15+. The second-order valence-electron chi connectivity index (χ2n) is 8.17. The van der Waals surface area contributed by atoms with Gasteiger partial charge in [-0.25, -0.2) is 4.98 Å². The van der Waals surface area contributed by atoms with Gasteiger partial charge in [0.25, 0.3) is 0 Å². The maximum Gasteiger partial charge on any atom is 0.149 e. The van der Waals surface area contributed by atoms with Crippen molar-refractivity contribution in [2.45, 2.75) is 41.5 Å². The lowest BCUT2D eigenvalue weighted by atomic mass is 10.1. The molecule has 0 spiro atoms. The molecule has 2 aromatic heterocycles. The number of anilines is 1. The highest BCUT2D eigenvalue weighted by atomic mass is 15.3. The highest BCUT2D eigenvalue weighted by Crippen LogP contribution is 2.24. The number of pyridine rings is 1. The Bertz CT molecular complexity index is 1280. The molecule has 0 radical (unpaired) electrons. The third-order valence-electron chi connectivity index (χ3n) is 5.60. The van der Waals surface area contributed by atoms with Crippen molar-refractivity contribution in [2.75, 3.05) is 5.43 Å². The minimum absolute atomic E-state index is 0.785. The van der Waals surface area contributed by atoms with E-state index in [0.717, 1.165) is 27.8 Å². The van der Waals surface area contributed by atoms with Crippen LogP contribution in [-0.2, 0) is 0 Å². The van der Waals surface area contributed by atoms with Crippen molar-refractivity contribution in [1.29, 1.82) is 0 Å². The number of nitrogens with zero attached hydrogens (tertiary/aromatic N) is 3. The topological polar surface area (TPSA) is 42.2 Å². The highest BCUT2D eigenvalue weighted by Gasteiger charge is 2.11. The van der Waals surface area contributed by atoms with E-state index in [2.05, 4.69) is 105 Å². The molecule has 4 aromatic rings. The Morgan fingerprint density at radius 1 is 0.833 bits per heavy atom. The Hall–Kier alpha value is -3.40. The molecule has 0 atom stereocenters. The Labute approximate surface area is 178 Å². The van der Waals surface area contributed by atoms with Gasteiger partial charge in [-0.1, -0.05) is 29.8 Å². The number of hydrogen-bond donors (Lipinski definition) is 1. The van der Waals surface area contributed by atoms with E-state index in [1.165, 1.54) is 33.8 Å². The number of hydrogen-bond acceptors (Lipinski definition) is 3. The number of aryl methyl sites for hydroxylation is 5. The predicted octanol–water partition coefficient (Wildman–Crippen LogP) is 6.32. The van der Waals surface area contributed by atoms with Crippen molar-refractivity contribution < 1.29 is 0 Å². The van der Waals surface area contributed by atoms with Crippen LogP contribution in [0, 0.1) is 41.5 Å². The molecule has 0 bridgehead atoms. The van der Waals surface area contributed by atoms with Gasteiger partial charge in [-0.2, -0.15) is 5.10 Å². The normalized spacial score (nSPS) is 11.5. The highest BCUT2D eigenvalue weighted by molar-refractivity contribution is 5.84. The van der Waals surface area contributed by atoms with Crippen molar-refractivity contribution in [3.8, 4) is 5.69 Å². The first kappa shape index (κ1) is 19.9. The van der Waals surface area contributed by atoms with Gasteiger partial charge < -0.3 is 4.57 Å². The van der Waals surface area contributed by atoms with Gasteiger partial charge in [-0.3, -0.25) is 5.43 Å². The van der Waals surface area contributed by atoms with E-state index in [9.17, 15) is 0 Å². The zero-order valence-corrected chi connectivity index (χ0v) is 18.5. The van der Waals surface area contributed by atoms with Crippen molar-refractivity contribution >= 4 is 22.9 Å². The minimum atomic E-state index is 0.785. The average molecular weight is 397 g/mol. The molecule has 4 rings (SSSR count). The number of benzene rings is 2. The number of hydrazone groups is 1. The summed E-state index contributed by atoms with van der Waals surface area (Å²) in [4.78, 5) is 4.75. The summed E-state index contributed by atoms with van der Waals surface area (Å²) in [6, 6.07) is 17.2. The molecule has 152 valence electrons. The summed E-state index contributed by atoms with van der Waals surface area (Å²) in [6.07, 6.45) is 1.88. The molecule has 0 aliphatic carbocycles. The van der Waals surface area contributed by atoms with E-state index < -0.39 is 0 Å². The van der Waals surface area contributed by atoms with E-state index in [0.29, 0.717) is 0 Å². The molecular formula is C26H28N4. The molecule has 2 aromatic carbocycles. The van der Waals surface area contributed by atoms with Crippen LogP contribution in [0.2, 0.25) is 0 Å². The Morgan fingerprint density at radius 3 is 2.33 bits per heavy atom. The summed E-state index contributed by atoms with van der Waals surface area (Å²) in [5.74, 6) is 0.785. The number of fused-ring (bicyclic) bond motifs is 1. The zero-order valence-electron chi connectivity index (χ0n) is 18.5. The van der Waals surface area contributed by atoms with Gasteiger partial charge >= 0.3 is 0 Å². The lowest BCUT2D eigenvalue weighted by Crippen LogP contribution is -2.02. The Balaban J connectivity index is 1.62. The summed E-state index contributed by atoms with van der Waals surface area (Å²) < 4.78 is 2.29. The fraction of sp³-hybridized carbons (Fsp3) is 0.231. The van der Waals surface area contributed by atoms with Gasteiger partial charge in [0.1, 0.15) is 5.82 Å². The van der Waals surface area contributed by atoms with Crippen molar-refractivity contribution in [1.82, 2.24) is 9.55 Å². The first-order valence-corrected chi connectivity index (χ1v) is 10.3. The number of nitrogens with one attached hydrogen (secondary N) is 1. The van der Waals surface area contributed by atoms with E-state index in [4.69, 9.17) is 4.98 Å². The van der Waals surface area contributed by atoms with E-state index in [-0.39, 0.29) is 0 Å². The molecule has 4 nitrogen and oxygen atoms in total. The third-order valence-corrected chi connectivity index (χ3v) is 5.60. The van der Waals surface area contributed by atoms with Crippen molar-refractivity contribution in [3.05, 3.63) is 87.7 Å². The van der Waals surface area contributed by atoms with Crippen molar-refractivity contribution in [3.63, 3.8) is 0 Å². The Morgan fingerprint density at radius 2 is 1.57 bits per heavy atom. The molecule has 0 saturated carbocycles. The third kappa shape index (κ3) is 3.73. The maximum atomic E-state index is 4.75. The zero-order chi connectivity index (χ0) is 21.4. The minimum Gasteiger partial charge on any atom is -0.318 e. The van der Waals surface area contributed by atoms with Crippen LogP contribution in [0.25, 0.3) is 16.6 Å². The van der Waals surface area contributed by atoms with Crippen LogP contribution in [0.3, 0.4) is 0 Å². The molecule has 30 heavy (non-hydrogen) atoms. The number of aromatic nitrogens is 2. The molecule has 0 unspecified atom stereocenters. The van der Waals surface area contributed by atoms with Crippen LogP contribution in [0.5, 0.6) is 0 Å². The summed E-state index contributed by atoms with van der Waals surface area (Å²) >= 11 is 0. The van der Waals surface area contributed by atoms with Gasteiger partial charge in [0.2, 0.25) is 0 Å². The van der Waals surface area contributed by atoms with Crippen LogP contribution >= 0.6 is 0 Å². The second-order valence-corrected chi connectivity index (χ2v) is 8.17. The van der Waals surface area contributed by atoms with E-state index in [1.54, 1.807) is 0 Å². The van der Waals surface area contributed by atoms with E-state index in [1.807, 2.05) is 6.21 Å².